The van der Waals surface area contributed by atoms with Crippen LogP contribution in [0.5, 0.6) is 0 Å². The lowest BCUT2D eigenvalue weighted by Crippen LogP contribution is -2.45. The maximum absolute atomic E-state index is 10.8. The Labute approximate surface area is 115 Å². The summed E-state index contributed by atoms with van der Waals surface area (Å²) in [6, 6.07) is 0. The number of aromatic nitrogens is 3. The summed E-state index contributed by atoms with van der Waals surface area (Å²) in [5.74, 6) is 1.39. The Balaban J connectivity index is 2.09. The van der Waals surface area contributed by atoms with Gasteiger partial charge in [0.25, 0.3) is 0 Å². The fourth-order valence-electron chi connectivity index (χ4n) is 3.01. The lowest BCUT2D eigenvalue weighted by Gasteiger charge is -2.39. The van der Waals surface area contributed by atoms with Crippen LogP contribution in [-0.4, -0.2) is 37.7 Å². The second kappa shape index (κ2) is 5.59. The molecule has 2 rings (SSSR count). The Morgan fingerprint density at radius 1 is 1.42 bits per heavy atom. The first-order chi connectivity index (χ1) is 8.88. The monoisotopic (exact) mass is 267 g/mol. The molecule has 1 saturated heterocycles. The van der Waals surface area contributed by atoms with Crippen molar-refractivity contribution >= 4 is 0 Å². The first kappa shape index (κ1) is 14.5. The van der Waals surface area contributed by atoms with E-state index in [0.29, 0.717) is 25.2 Å². The summed E-state index contributed by atoms with van der Waals surface area (Å²) in [6.45, 7) is 9.17. The molecule has 0 amide bonds. The fraction of sp³-hybridized carbons (Fsp3) is 0.857. The van der Waals surface area contributed by atoms with E-state index in [1.54, 1.807) is 6.33 Å². The Bertz CT molecular complexity index is 407. The summed E-state index contributed by atoms with van der Waals surface area (Å²) in [7, 11) is 0. The van der Waals surface area contributed by atoms with Crippen LogP contribution >= 0.6 is 0 Å². The molecule has 0 radical (unpaired) electrons. The molecule has 2 heterocycles. The molecule has 1 fully saturated rings. The summed E-state index contributed by atoms with van der Waals surface area (Å²) in [6.07, 6.45) is 3.63. The molecule has 1 N–H and O–H groups in total. The number of nitrogens with zero attached hydrogens (tertiary/aromatic N) is 3. The highest BCUT2D eigenvalue weighted by Gasteiger charge is 2.38. The molecule has 0 spiro atoms. The second-order valence-corrected chi connectivity index (χ2v) is 6.32. The third kappa shape index (κ3) is 3.76. The Morgan fingerprint density at radius 3 is 2.63 bits per heavy atom. The average Bonchev–Trinajstić information content (AvgIpc) is 2.61. The van der Waals surface area contributed by atoms with Crippen LogP contribution in [0.25, 0.3) is 0 Å². The minimum Gasteiger partial charge on any atom is -0.389 e. The SMILES string of the molecule is CC(C)Cn1ncnc1CC1(O)CC(C)OC(C)C1. The Hall–Kier alpha value is -0.940. The fourth-order valence-corrected chi connectivity index (χ4v) is 3.01. The highest BCUT2D eigenvalue weighted by Crippen LogP contribution is 2.31. The van der Waals surface area contributed by atoms with Crippen LogP contribution in [0, 0.1) is 5.92 Å². The van der Waals surface area contributed by atoms with Crippen molar-refractivity contribution in [3.8, 4) is 0 Å². The topological polar surface area (TPSA) is 60.2 Å². The first-order valence-corrected chi connectivity index (χ1v) is 7.12. The predicted molar refractivity (Wildman–Crippen MR) is 72.8 cm³/mol. The largest absolute Gasteiger partial charge is 0.389 e. The summed E-state index contributed by atoms with van der Waals surface area (Å²) < 4.78 is 7.60. The Kier molecular flexibility index (Phi) is 4.26. The molecule has 2 atom stereocenters. The molecule has 1 aromatic heterocycles. The van der Waals surface area contributed by atoms with Gasteiger partial charge in [-0.1, -0.05) is 13.8 Å². The molecule has 0 aromatic carbocycles. The van der Waals surface area contributed by atoms with Crippen LogP contribution in [0.3, 0.4) is 0 Å². The van der Waals surface area contributed by atoms with Gasteiger partial charge >= 0.3 is 0 Å². The summed E-state index contributed by atoms with van der Waals surface area (Å²) in [5.41, 5.74) is -0.723. The van der Waals surface area contributed by atoms with Crippen LogP contribution < -0.4 is 0 Å². The molecule has 19 heavy (non-hydrogen) atoms. The zero-order valence-electron chi connectivity index (χ0n) is 12.3. The molecule has 0 saturated carbocycles. The minimum absolute atomic E-state index is 0.0928. The van der Waals surface area contributed by atoms with Gasteiger partial charge in [-0.25, -0.2) is 9.67 Å². The minimum atomic E-state index is -0.723. The number of hydrogen-bond donors (Lipinski definition) is 1. The van der Waals surface area contributed by atoms with Crippen LogP contribution in [-0.2, 0) is 17.7 Å². The third-order valence-electron chi connectivity index (χ3n) is 3.52. The van der Waals surface area contributed by atoms with E-state index in [9.17, 15) is 5.11 Å². The van der Waals surface area contributed by atoms with E-state index in [4.69, 9.17) is 4.74 Å². The van der Waals surface area contributed by atoms with Crippen molar-refractivity contribution < 1.29 is 9.84 Å². The summed E-state index contributed by atoms with van der Waals surface area (Å²) in [4.78, 5) is 4.31. The van der Waals surface area contributed by atoms with Gasteiger partial charge in [-0.15, -0.1) is 0 Å². The number of hydrogen-bond acceptors (Lipinski definition) is 4. The average molecular weight is 267 g/mol. The third-order valence-corrected chi connectivity index (χ3v) is 3.52. The molecule has 5 nitrogen and oxygen atoms in total. The van der Waals surface area contributed by atoms with E-state index < -0.39 is 5.60 Å². The van der Waals surface area contributed by atoms with Crippen molar-refractivity contribution in [1.29, 1.82) is 0 Å². The molecule has 5 heteroatoms. The molecule has 0 bridgehead atoms. The van der Waals surface area contributed by atoms with Gasteiger partial charge in [-0.3, -0.25) is 0 Å². The van der Waals surface area contributed by atoms with Crippen molar-refractivity contribution in [1.82, 2.24) is 14.8 Å². The molecule has 1 aromatic rings. The number of rotatable bonds is 4. The van der Waals surface area contributed by atoms with Gasteiger partial charge in [0, 0.05) is 25.8 Å². The molecule has 2 unspecified atom stereocenters. The highest BCUT2D eigenvalue weighted by atomic mass is 16.5. The lowest BCUT2D eigenvalue weighted by molar-refractivity contribution is -0.131. The van der Waals surface area contributed by atoms with Crippen molar-refractivity contribution in [3.05, 3.63) is 12.2 Å². The van der Waals surface area contributed by atoms with Gasteiger partial charge in [0.15, 0.2) is 0 Å². The van der Waals surface area contributed by atoms with Crippen LogP contribution in [0.2, 0.25) is 0 Å². The smallest absolute Gasteiger partial charge is 0.138 e. The maximum Gasteiger partial charge on any atom is 0.138 e. The van der Waals surface area contributed by atoms with Crippen molar-refractivity contribution in [3.63, 3.8) is 0 Å². The molecular formula is C14H25N3O2. The normalized spacial score (nSPS) is 31.9. The van der Waals surface area contributed by atoms with Gasteiger partial charge in [-0.05, 0) is 19.8 Å². The van der Waals surface area contributed by atoms with Gasteiger partial charge in [0.05, 0.1) is 17.8 Å². The van der Waals surface area contributed by atoms with E-state index >= 15 is 0 Å². The molecular weight excluding hydrogens is 242 g/mol. The van der Waals surface area contributed by atoms with E-state index in [0.717, 1.165) is 12.4 Å². The van der Waals surface area contributed by atoms with Crippen molar-refractivity contribution in [2.24, 2.45) is 5.92 Å². The molecule has 1 aliphatic rings. The number of ether oxygens (including phenoxy) is 1. The summed E-state index contributed by atoms with van der Waals surface area (Å²) in [5, 5.41) is 15.0. The predicted octanol–water partition coefficient (Wildman–Crippen LogP) is 1.80. The van der Waals surface area contributed by atoms with Crippen LogP contribution in [0.1, 0.15) is 46.4 Å². The lowest BCUT2D eigenvalue weighted by atomic mass is 9.84. The molecule has 1 aliphatic heterocycles. The van der Waals surface area contributed by atoms with Gasteiger partial charge < -0.3 is 9.84 Å². The second-order valence-electron chi connectivity index (χ2n) is 6.32. The molecule has 0 aliphatic carbocycles. The first-order valence-electron chi connectivity index (χ1n) is 7.12. The Morgan fingerprint density at radius 2 is 2.05 bits per heavy atom. The van der Waals surface area contributed by atoms with E-state index in [1.165, 1.54) is 0 Å². The van der Waals surface area contributed by atoms with E-state index in [2.05, 4.69) is 23.9 Å². The van der Waals surface area contributed by atoms with Crippen LogP contribution in [0.15, 0.2) is 6.33 Å². The molecule has 108 valence electrons. The standard InChI is InChI=1S/C14H25N3O2/c1-10(2)8-17-13(15-9-16-17)7-14(18)5-11(3)19-12(4)6-14/h9-12,18H,5-8H2,1-4H3. The quantitative estimate of drug-likeness (QED) is 0.903. The summed E-state index contributed by atoms with van der Waals surface area (Å²) >= 11 is 0. The van der Waals surface area contributed by atoms with Gasteiger partial charge in [0.1, 0.15) is 12.2 Å². The van der Waals surface area contributed by atoms with E-state index in [1.807, 2.05) is 18.5 Å². The van der Waals surface area contributed by atoms with E-state index in [-0.39, 0.29) is 12.2 Å². The van der Waals surface area contributed by atoms with Crippen LogP contribution in [0.4, 0.5) is 0 Å². The van der Waals surface area contributed by atoms with Gasteiger partial charge in [-0.2, -0.15) is 5.10 Å². The number of aliphatic hydroxyl groups is 1. The highest BCUT2D eigenvalue weighted by molar-refractivity contribution is 4.98. The zero-order chi connectivity index (χ0) is 14.0. The van der Waals surface area contributed by atoms with Crippen molar-refractivity contribution in [2.75, 3.05) is 0 Å². The zero-order valence-corrected chi connectivity index (χ0v) is 12.3. The maximum atomic E-state index is 10.8. The van der Waals surface area contributed by atoms with Crippen molar-refractivity contribution in [2.45, 2.75) is 71.3 Å². The van der Waals surface area contributed by atoms with Gasteiger partial charge in [0.2, 0.25) is 0 Å².